The predicted octanol–water partition coefficient (Wildman–Crippen LogP) is 3.26. The van der Waals surface area contributed by atoms with Crippen LogP contribution in [0, 0.1) is 6.92 Å². The molecule has 2 heterocycles. The maximum Gasteiger partial charge on any atom is 0.123 e. The number of hydrogen-bond acceptors (Lipinski definition) is 3. The SMILES string of the molecule is CNCc1cc(CN2CCCc3ccccc32)oc1C. The van der Waals surface area contributed by atoms with E-state index in [2.05, 4.69) is 40.5 Å². The molecular formula is C17H22N2O. The summed E-state index contributed by atoms with van der Waals surface area (Å²) in [6.07, 6.45) is 2.41. The van der Waals surface area contributed by atoms with Crippen LogP contribution in [0.2, 0.25) is 0 Å². The van der Waals surface area contributed by atoms with Crippen molar-refractivity contribution >= 4 is 5.69 Å². The molecule has 0 radical (unpaired) electrons. The van der Waals surface area contributed by atoms with E-state index in [4.69, 9.17) is 4.42 Å². The van der Waals surface area contributed by atoms with Crippen LogP contribution in [0.5, 0.6) is 0 Å². The van der Waals surface area contributed by atoms with Crippen molar-refractivity contribution in [3.8, 4) is 0 Å². The Bertz CT molecular complexity index is 588. The van der Waals surface area contributed by atoms with Crippen LogP contribution >= 0.6 is 0 Å². The van der Waals surface area contributed by atoms with Crippen LogP contribution in [-0.2, 0) is 19.5 Å². The Morgan fingerprint density at radius 1 is 1.30 bits per heavy atom. The average molecular weight is 270 g/mol. The first kappa shape index (κ1) is 13.3. The number of anilines is 1. The lowest BCUT2D eigenvalue weighted by molar-refractivity contribution is 0.471. The molecule has 0 aliphatic carbocycles. The number of aryl methyl sites for hydroxylation is 2. The molecule has 3 rings (SSSR count). The molecule has 0 saturated heterocycles. The maximum absolute atomic E-state index is 5.90. The predicted molar refractivity (Wildman–Crippen MR) is 82.0 cm³/mol. The van der Waals surface area contributed by atoms with Gasteiger partial charge in [-0.3, -0.25) is 0 Å². The number of nitrogens with one attached hydrogen (secondary N) is 1. The van der Waals surface area contributed by atoms with Gasteiger partial charge in [-0.15, -0.1) is 0 Å². The molecule has 0 spiro atoms. The van der Waals surface area contributed by atoms with Gasteiger partial charge in [0.15, 0.2) is 0 Å². The standard InChI is InChI=1S/C17H22N2O/c1-13-15(11-18-2)10-16(20-13)12-19-9-5-7-14-6-3-4-8-17(14)19/h3-4,6,8,10,18H,5,7,9,11-12H2,1-2H3. The highest BCUT2D eigenvalue weighted by molar-refractivity contribution is 5.55. The van der Waals surface area contributed by atoms with Gasteiger partial charge in [-0.2, -0.15) is 0 Å². The van der Waals surface area contributed by atoms with Crippen molar-refractivity contribution < 1.29 is 4.42 Å². The zero-order valence-electron chi connectivity index (χ0n) is 12.3. The zero-order chi connectivity index (χ0) is 13.9. The molecule has 3 heteroatoms. The fourth-order valence-corrected chi connectivity index (χ4v) is 3.00. The van der Waals surface area contributed by atoms with Gasteiger partial charge >= 0.3 is 0 Å². The third-order valence-corrected chi connectivity index (χ3v) is 3.99. The lowest BCUT2D eigenvalue weighted by Crippen LogP contribution is -2.28. The summed E-state index contributed by atoms with van der Waals surface area (Å²) < 4.78 is 5.90. The van der Waals surface area contributed by atoms with Crippen LogP contribution < -0.4 is 10.2 Å². The maximum atomic E-state index is 5.90. The summed E-state index contributed by atoms with van der Waals surface area (Å²) in [5.74, 6) is 2.09. The average Bonchev–Trinajstić information content (AvgIpc) is 2.80. The molecule has 1 aromatic carbocycles. The molecule has 1 aliphatic heterocycles. The van der Waals surface area contributed by atoms with Gasteiger partial charge < -0.3 is 14.6 Å². The molecule has 1 aromatic heterocycles. The summed E-state index contributed by atoms with van der Waals surface area (Å²) >= 11 is 0. The van der Waals surface area contributed by atoms with E-state index in [1.54, 1.807) is 0 Å². The molecule has 0 unspecified atom stereocenters. The zero-order valence-corrected chi connectivity index (χ0v) is 12.3. The Morgan fingerprint density at radius 2 is 2.15 bits per heavy atom. The van der Waals surface area contributed by atoms with Crippen molar-refractivity contribution in [1.29, 1.82) is 0 Å². The van der Waals surface area contributed by atoms with Crippen molar-refractivity contribution in [3.05, 3.63) is 53.0 Å². The van der Waals surface area contributed by atoms with Gasteiger partial charge in [0, 0.05) is 24.3 Å². The van der Waals surface area contributed by atoms with E-state index >= 15 is 0 Å². The highest BCUT2D eigenvalue weighted by Gasteiger charge is 2.18. The van der Waals surface area contributed by atoms with Crippen LogP contribution in [0.3, 0.4) is 0 Å². The highest BCUT2D eigenvalue weighted by Crippen LogP contribution is 2.28. The number of nitrogens with zero attached hydrogens (tertiary/aromatic N) is 1. The van der Waals surface area contributed by atoms with Crippen molar-refractivity contribution in [2.45, 2.75) is 32.9 Å². The van der Waals surface area contributed by atoms with E-state index < -0.39 is 0 Å². The Hall–Kier alpha value is -1.74. The van der Waals surface area contributed by atoms with Crippen molar-refractivity contribution in [2.75, 3.05) is 18.5 Å². The minimum atomic E-state index is 0.863. The molecular weight excluding hydrogens is 248 g/mol. The number of hydrogen-bond donors (Lipinski definition) is 1. The molecule has 0 fully saturated rings. The van der Waals surface area contributed by atoms with Crippen molar-refractivity contribution in [3.63, 3.8) is 0 Å². The third kappa shape index (κ3) is 2.59. The molecule has 0 atom stereocenters. The number of para-hydroxylation sites is 1. The summed E-state index contributed by atoms with van der Waals surface area (Å²) in [7, 11) is 1.97. The summed E-state index contributed by atoms with van der Waals surface area (Å²) in [6.45, 7) is 4.88. The lowest BCUT2D eigenvalue weighted by Gasteiger charge is -2.30. The van der Waals surface area contributed by atoms with Crippen molar-refractivity contribution in [2.24, 2.45) is 0 Å². The second-order valence-corrected chi connectivity index (χ2v) is 5.48. The number of benzene rings is 1. The molecule has 20 heavy (non-hydrogen) atoms. The molecule has 106 valence electrons. The Labute approximate surface area is 120 Å². The highest BCUT2D eigenvalue weighted by atomic mass is 16.3. The number of rotatable bonds is 4. The monoisotopic (exact) mass is 270 g/mol. The first-order valence-electron chi connectivity index (χ1n) is 7.33. The van der Waals surface area contributed by atoms with Gasteiger partial charge in [0.1, 0.15) is 11.5 Å². The van der Waals surface area contributed by atoms with Gasteiger partial charge in [-0.05, 0) is 44.5 Å². The Balaban J connectivity index is 1.80. The number of furan rings is 1. The largest absolute Gasteiger partial charge is 0.464 e. The number of fused-ring (bicyclic) bond motifs is 1. The van der Waals surface area contributed by atoms with Crippen molar-refractivity contribution in [1.82, 2.24) is 5.32 Å². The lowest BCUT2D eigenvalue weighted by atomic mass is 10.0. The van der Waals surface area contributed by atoms with Gasteiger partial charge in [0.05, 0.1) is 6.54 Å². The fourth-order valence-electron chi connectivity index (χ4n) is 3.00. The third-order valence-electron chi connectivity index (χ3n) is 3.99. The molecule has 2 aromatic rings. The van der Waals surface area contributed by atoms with Crippen LogP contribution in [0.15, 0.2) is 34.7 Å². The fraction of sp³-hybridized carbons (Fsp3) is 0.412. The van der Waals surface area contributed by atoms with E-state index in [0.717, 1.165) is 31.2 Å². The van der Waals surface area contributed by atoms with Crippen LogP contribution in [0.1, 0.15) is 29.1 Å². The minimum absolute atomic E-state index is 0.863. The van der Waals surface area contributed by atoms with E-state index in [0.29, 0.717) is 0 Å². The van der Waals surface area contributed by atoms with Gasteiger partial charge in [-0.1, -0.05) is 18.2 Å². The first-order valence-corrected chi connectivity index (χ1v) is 7.33. The second kappa shape index (κ2) is 5.71. The van der Waals surface area contributed by atoms with E-state index in [9.17, 15) is 0 Å². The quantitative estimate of drug-likeness (QED) is 0.924. The first-order chi connectivity index (χ1) is 9.78. The Morgan fingerprint density at radius 3 is 3.00 bits per heavy atom. The molecule has 1 N–H and O–H groups in total. The summed E-state index contributed by atoms with van der Waals surface area (Å²) in [5, 5.41) is 3.18. The van der Waals surface area contributed by atoms with E-state index in [1.807, 2.05) is 14.0 Å². The molecule has 0 bridgehead atoms. The molecule has 1 aliphatic rings. The topological polar surface area (TPSA) is 28.4 Å². The summed E-state index contributed by atoms with van der Waals surface area (Å²) in [4.78, 5) is 2.43. The van der Waals surface area contributed by atoms with Gasteiger partial charge in [0.25, 0.3) is 0 Å². The van der Waals surface area contributed by atoms with Crippen LogP contribution in [-0.4, -0.2) is 13.6 Å². The normalized spacial score (nSPS) is 14.4. The Kier molecular flexibility index (Phi) is 3.79. The van der Waals surface area contributed by atoms with Crippen LogP contribution in [0.25, 0.3) is 0 Å². The minimum Gasteiger partial charge on any atom is -0.464 e. The summed E-state index contributed by atoms with van der Waals surface area (Å²) in [5.41, 5.74) is 4.08. The summed E-state index contributed by atoms with van der Waals surface area (Å²) in [6, 6.07) is 10.9. The molecule has 0 amide bonds. The van der Waals surface area contributed by atoms with E-state index in [-0.39, 0.29) is 0 Å². The molecule has 3 nitrogen and oxygen atoms in total. The second-order valence-electron chi connectivity index (χ2n) is 5.48. The van der Waals surface area contributed by atoms with Gasteiger partial charge in [0.2, 0.25) is 0 Å². The smallest absolute Gasteiger partial charge is 0.123 e. The van der Waals surface area contributed by atoms with Crippen LogP contribution in [0.4, 0.5) is 5.69 Å². The molecule has 0 saturated carbocycles. The van der Waals surface area contributed by atoms with Gasteiger partial charge in [-0.25, -0.2) is 0 Å². The van der Waals surface area contributed by atoms with E-state index in [1.165, 1.54) is 29.7 Å².